The van der Waals surface area contributed by atoms with Crippen molar-refractivity contribution >= 4 is 5.95 Å². The summed E-state index contributed by atoms with van der Waals surface area (Å²) in [7, 11) is 0. The van der Waals surface area contributed by atoms with Gasteiger partial charge in [-0.1, -0.05) is 48.5 Å². The molecular formula is C22H19N7. The number of benzene rings is 2. The van der Waals surface area contributed by atoms with E-state index < -0.39 is 0 Å². The van der Waals surface area contributed by atoms with Crippen LogP contribution >= 0.6 is 0 Å². The van der Waals surface area contributed by atoms with Crippen LogP contribution in [0.2, 0.25) is 0 Å². The summed E-state index contributed by atoms with van der Waals surface area (Å²) in [6, 6.07) is 16.3. The lowest BCUT2D eigenvalue weighted by Gasteiger charge is -2.10. The maximum absolute atomic E-state index is 5.36. The number of nitrogens with zero attached hydrogens (tertiary/aromatic N) is 5. The van der Waals surface area contributed by atoms with Crippen molar-refractivity contribution in [2.24, 2.45) is 0 Å². The van der Waals surface area contributed by atoms with Gasteiger partial charge in [-0.3, -0.25) is 0 Å². The van der Waals surface area contributed by atoms with Gasteiger partial charge in [-0.15, -0.1) is 22.5 Å². The first-order valence-electron chi connectivity index (χ1n) is 9.16. The minimum absolute atomic E-state index is 0.541. The van der Waals surface area contributed by atoms with E-state index in [1.54, 1.807) is 6.20 Å². The molecule has 0 bridgehead atoms. The third-order valence-corrected chi connectivity index (χ3v) is 4.60. The molecule has 0 radical (unpaired) electrons. The lowest BCUT2D eigenvalue weighted by molar-refractivity contribution is 0.881. The number of H-pyrrole nitrogens is 1. The maximum atomic E-state index is 5.36. The van der Waals surface area contributed by atoms with Crippen molar-refractivity contribution in [3.05, 3.63) is 71.5 Å². The largest absolute Gasteiger partial charge is 0.350 e. The van der Waals surface area contributed by atoms with Crippen LogP contribution in [0.1, 0.15) is 16.8 Å². The van der Waals surface area contributed by atoms with Crippen molar-refractivity contribution in [3.8, 4) is 34.9 Å². The summed E-state index contributed by atoms with van der Waals surface area (Å²) in [5, 5.41) is 17.6. The molecule has 0 unspecified atom stereocenters. The molecular weight excluding hydrogens is 362 g/mol. The number of terminal acetylenes is 1. The van der Waals surface area contributed by atoms with Crippen LogP contribution in [-0.4, -0.2) is 30.6 Å². The van der Waals surface area contributed by atoms with E-state index in [0.29, 0.717) is 24.7 Å². The van der Waals surface area contributed by atoms with Crippen LogP contribution in [0.25, 0.3) is 22.5 Å². The first-order chi connectivity index (χ1) is 14.2. The zero-order chi connectivity index (χ0) is 20.1. The van der Waals surface area contributed by atoms with Gasteiger partial charge in [0.15, 0.2) is 0 Å². The van der Waals surface area contributed by atoms with Crippen molar-refractivity contribution in [2.75, 3.05) is 5.32 Å². The van der Waals surface area contributed by atoms with E-state index >= 15 is 0 Å². The summed E-state index contributed by atoms with van der Waals surface area (Å²) in [5.41, 5.74) is 6.07. The first kappa shape index (κ1) is 18.3. The summed E-state index contributed by atoms with van der Waals surface area (Å²) < 4.78 is 0. The Kier molecular flexibility index (Phi) is 5.25. The summed E-state index contributed by atoms with van der Waals surface area (Å²) >= 11 is 0. The molecule has 0 aliphatic heterocycles. The number of hydrogen-bond acceptors (Lipinski definition) is 6. The lowest BCUT2D eigenvalue weighted by atomic mass is 9.98. The Balaban J connectivity index is 1.48. The van der Waals surface area contributed by atoms with E-state index in [1.807, 2.05) is 31.2 Å². The second kappa shape index (κ2) is 8.31. The predicted octanol–water partition coefficient (Wildman–Crippen LogP) is 3.42. The predicted molar refractivity (Wildman–Crippen MR) is 112 cm³/mol. The standard InChI is InChI=1S/C22H19N7/c1-3-6-18-14-24-22(25-15(18)2)23-13-16-9-11-17(12-10-16)19-7-4-5-8-20(19)21-26-28-29-27-21/h1,4-5,7-12,14H,6,13H2,2H3,(H,23,24,25)(H,26,27,28,29). The molecule has 2 aromatic heterocycles. The molecule has 2 N–H and O–H groups in total. The molecule has 142 valence electrons. The zero-order valence-electron chi connectivity index (χ0n) is 15.9. The second-order valence-electron chi connectivity index (χ2n) is 6.52. The molecule has 7 heteroatoms. The van der Waals surface area contributed by atoms with Gasteiger partial charge in [0, 0.05) is 36.0 Å². The van der Waals surface area contributed by atoms with Crippen LogP contribution in [0.4, 0.5) is 5.95 Å². The molecule has 0 saturated heterocycles. The van der Waals surface area contributed by atoms with Gasteiger partial charge in [0.25, 0.3) is 0 Å². The van der Waals surface area contributed by atoms with Gasteiger partial charge >= 0.3 is 0 Å². The molecule has 0 spiro atoms. The number of tetrazole rings is 1. The Hall–Kier alpha value is -4.05. The lowest BCUT2D eigenvalue weighted by Crippen LogP contribution is -2.05. The molecule has 0 fully saturated rings. The van der Waals surface area contributed by atoms with Gasteiger partial charge < -0.3 is 5.32 Å². The monoisotopic (exact) mass is 381 g/mol. The molecule has 0 aliphatic carbocycles. The van der Waals surface area contributed by atoms with Gasteiger partial charge in [-0.25, -0.2) is 9.97 Å². The highest BCUT2D eigenvalue weighted by Gasteiger charge is 2.10. The molecule has 7 nitrogen and oxygen atoms in total. The Labute approximate surface area is 168 Å². The fourth-order valence-corrected chi connectivity index (χ4v) is 3.05. The molecule has 0 amide bonds. The van der Waals surface area contributed by atoms with E-state index in [4.69, 9.17) is 6.42 Å². The Morgan fingerprint density at radius 1 is 1.07 bits per heavy atom. The highest BCUT2D eigenvalue weighted by atomic mass is 15.5. The molecule has 2 aromatic carbocycles. The summed E-state index contributed by atoms with van der Waals surface area (Å²) in [6.07, 6.45) is 7.68. The molecule has 4 aromatic rings. The van der Waals surface area contributed by atoms with Crippen molar-refractivity contribution in [1.29, 1.82) is 0 Å². The van der Waals surface area contributed by atoms with Gasteiger partial charge in [-0.05, 0) is 28.8 Å². The van der Waals surface area contributed by atoms with Crippen molar-refractivity contribution in [3.63, 3.8) is 0 Å². The number of hydrogen-bond donors (Lipinski definition) is 2. The first-order valence-corrected chi connectivity index (χ1v) is 9.16. The number of rotatable bonds is 6. The highest BCUT2D eigenvalue weighted by Crippen LogP contribution is 2.29. The normalized spacial score (nSPS) is 10.5. The molecule has 4 rings (SSSR count). The minimum Gasteiger partial charge on any atom is -0.350 e. The zero-order valence-corrected chi connectivity index (χ0v) is 15.9. The van der Waals surface area contributed by atoms with Crippen LogP contribution in [0.3, 0.4) is 0 Å². The van der Waals surface area contributed by atoms with Crippen LogP contribution in [0.5, 0.6) is 0 Å². The minimum atomic E-state index is 0.541. The fraction of sp³-hybridized carbons (Fsp3) is 0.136. The van der Waals surface area contributed by atoms with Crippen LogP contribution < -0.4 is 5.32 Å². The number of anilines is 1. The van der Waals surface area contributed by atoms with Crippen LogP contribution in [0.15, 0.2) is 54.7 Å². The van der Waals surface area contributed by atoms with Gasteiger partial charge in [0.1, 0.15) is 0 Å². The summed E-state index contributed by atoms with van der Waals surface area (Å²) in [4.78, 5) is 8.81. The van der Waals surface area contributed by atoms with E-state index in [-0.39, 0.29) is 0 Å². The number of aromatic nitrogens is 6. The Bertz CT molecular complexity index is 1140. The average molecular weight is 381 g/mol. The second-order valence-corrected chi connectivity index (χ2v) is 6.52. The van der Waals surface area contributed by atoms with E-state index in [9.17, 15) is 0 Å². The van der Waals surface area contributed by atoms with E-state index in [2.05, 4.69) is 66.1 Å². The molecule has 0 aliphatic rings. The number of aryl methyl sites for hydroxylation is 1. The molecule has 2 heterocycles. The van der Waals surface area contributed by atoms with E-state index in [1.165, 1.54) is 0 Å². The van der Waals surface area contributed by atoms with Gasteiger partial charge in [0.2, 0.25) is 11.8 Å². The quantitative estimate of drug-likeness (QED) is 0.497. The fourth-order valence-electron chi connectivity index (χ4n) is 3.05. The maximum Gasteiger partial charge on any atom is 0.223 e. The summed E-state index contributed by atoms with van der Waals surface area (Å²) in [6.45, 7) is 2.57. The number of nitrogens with one attached hydrogen (secondary N) is 2. The number of aromatic amines is 1. The summed E-state index contributed by atoms with van der Waals surface area (Å²) in [5.74, 6) is 3.79. The van der Waals surface area contributed by atoms with Crippen LogP contribution in [0, 0.1) is 19.3 Å². The van der Waals surface area contributed by atoms with Crippen molar-refractivity contribution in [1.82, 2.24) is 30.6 Å². The highest BCUT2D eigenvalue weighted by molar-refractivity contribution is 5.80. The van der Waals surface area contributed by atoms with E-state index in [0.717, 1.165) is 33.5 Å². The average Bonchev–Trinajstić information content (AvgIpc) is 3.29. The van der Waals surface area contributed by atoms with Gasteiger partial charge in [-0.2, -0.15) is 5.21 Å². The molecule has 0 saturated carbocycles. The third kappa shape index (κ3) is 4.12. The van der Waals surface area contributed by atoms with Gasteiger partial charge in [0.05, 0.1) is 0 Å². The SMILES string of the molecule is C#CCc1cnc(NCc2ccc(-c3ccccc3-c3nn[nH]n3)cc2)nc1C. The van der Waals surface area contributed by atoms with Crippen molar-refractivity contribution < 1.29 is 0 Å². The smallest absolute Gasteiger partial charge is 0.223 e. The third-order valence-electron chi connectivity index (χ3n) is 4.60. The Morgan fingerprint density at radius 2 is 1.86 bits per heavy atom. The molecule has 0 atom stereocenters. The van der Waals surface area contributed by atoms with Crippen molar-refractivity contribution in [2.45, 2.75) is 19.9 Å². The topological polar surface area (TPSA) is 92.3 Å². The Morgan fingerprint density at radius 3 is 2.55 bits per heavy atom. The van der Waals surface area contributed by atoms with Crippen LogP contribution in [-0.2, 0) is 13.0 Å². The molecule has 29 heavy (non-hydrogen) atoms.